The van der Waals surface area contributed by atoms with Crippen molar-refractivity contribution in [3.8, 4) is 5.75 Å². The summed E-state index contributed by atoms with van der Waals surface area (Å²) in [5, 5.41) is 0. The quantitative estimate of drug-likeness (QED) is 0.768. The van der Waals surface area contributed by atoms with Crippen LogP contribution < -0.4 is 9.64 Å². The van der Waals surface area contributed by atoms with Crippen molar-refractivity contribution in [3.63, 3.8) is 0 Å². The van der Waals surface area contributed by atoms with Crippen LogP contribution in [0.4, 0.5) is 5.82 Å². The maximum Gasteiger partial charge on any atom is 0.228 e. The SMILES string of the molecule is COc1ccc(Cc2c(C)nc(C)nc2N2CCCN(C(=O)C(C)(C)C)CC2)cc1. The van der Waals surface area contributed by atoms with Gasteiger partial charge in [-0.3, -0.25) is 4.79 Å². The summed E-state index contributed by atoms with van der Waals surface area (Å²) in [5.74, 6) is 2.86. The lowest BCUT2D eigenvalue weighted by atomic mass is 9.94. The summed E-state index contributed by atoms with van der Waals surface area (Å²) in [6, 6.07) is 8.16. The normalized spacial score (nSPS) is 15.1. The molecule has 1 aromatic carbocycles. The highest BCUT2D eigenvalue weighted by atomic mass is 16.5. The van der Waals surface area contributed by atoms with E-state index in [2.05, 4.69) is 28.9 Å². The molecule has 6 heteroatoms. The van der Waals surface area contributed by atoms with Crippen LogP contribution in [0.15, 0.2) is 24.3 Å². The van der Waals surface area contributed by atoms with E-state index in [1.807, 2.05) is 44.7 Å². The lowest BCUT2D eigenvalue weighted by molar-refractivity contribution is -0.139. The van der Waals surface area contributed by atoms with Gasteiger partial charge in [0.05, 0.1) is 7.11 Å². The molecule has 3 rings (SSSR count). The molecule has 1 amide bonds. The zero-order valence-corrected chi connectivity index (χ0v) is 19.2. The fourth-order valence-corrected chi connectivity index (χ4v) is 3.94. The molecule has 6 nitrogen and oxygen atoms in total. The van der Waals surface area contributed by atoms with Crippen molar-refractivity contribution in [1.29, 1.82) is 0 Å². The van der Waals surface area contributed by atoms with Crippen molar-refractivity contribution in [1.82, 2.24) is 14.9 Å². The molecule has 162 valence electrons. The van der Waals surface area contributed by atoms with Crippen LogP contribution in [0, 0.1) is 19.3 Å². The number of benzene rings is 1. The topological polar surface area (TPSA) is 58.6 Å². The van der Waals surface area contributed by atoms with Gasteiger partial charge in [0.25, 0.3) is 0 Å². The molecule has 1 saturated heterocycles. The van der Waals surface area contributed by atoms with Gasteiger partial charge in [-0.25, -0.2) is 9.97 Å². The van der Waals surface area contributed by atoms with E-state index < -0.39 is 0 Å². The Labute approximate surface area is 180 Å². The number of nitrogens with zero attached hydrogens (tertiary/aromatic N) is 4. The number of aryl methyl sites for hydroxylation is 2. The standard InChI is InChI=1S/C24H34N4O2/c1-17-21(16-19-8-10-20(30-6)11-9-19)22(26-18(2)25-17)27-12-7-13-28(15-14-27)23(29)24(3,4)5/h8-11H,7,12-16H2,1-6H3. The first-order chi connectivity index (χ1) is 14.2. The smallest absolute Gasteiger partial charge is 0.228 e. The third-order valence-corrected chi connectivity index (χ3v) is 5.57. The number of hydrogen-bond acceptors (Lipinski definition) is 5. The minimum absolute atomic E-state index is 0.220. The van der Waals surface area contributed by atoms with Gasteiger partial charge < -0.3 is 14.5 Å². The molecule has 0 spiro atoms. The second-order valence-electron chi connectivity index (χ2n) is 9.07. The molecule has 1 aliphatic rings. The lowest BCUT2D eigenvalue weighted by Gasteiger charge is -2.29. The molecule has 0 atom stereocenters. The van der Waals surface area contributed by atoms with Crippen LogP contribution in [0.3, 0.4) is 0 Å². The molecule has 0 unspecified atom stereocenters. The van der Waals surface area contributed by atoms with Crippen molar-refractivity contribution in [3.05, 3.63) is 46.9 Å². The summed E-state index contributed by atoms with van der Waals surface area (Å²) in [5.41, 5.74) is 3.02. The fraction of sp³-hybridized carbons (Fsp3) is 0.542. The fourth-order valence-electron chi connectivity index (χ4n) is 3.94. The monoisotopic (exact) mass is 410 g/mol. The summed E-state index contributed by atoms with van der Waals surface area (Å²) in [7, 11) is 1.68. The van der Waals surface area contributed by atoms with E-state index >= 15 is 0 Å². The van der Waals surface area contributed by atoms with Gasteiger partial charge in [-0.2, -0.15) is 0 Å². The van der Waals surface area contributed by atoms with Gasteiger partial charge in [0.1, 0.15) is 17.4 Å². The van der Waals surface area contributed by atoms with Crippen LogP contribution >= 0.6 is 0 Å². The number of hydrogen-bond donors (Lipinski definition) is 0. The van der Waals surface area contributed by atoms with E-state index in [1.54, 1.807) is 7.11 Å². The summed E-state index contributed by atoms with van der Waals surface area (Å²) in [4.78, 5) is 26.6. The maximum absolute atomic E-state index is 12.8. The van der Waals surface area contributed by atoms with Gasteiger partial charge in [0.15, 0.2) is 0 Å². The Kier molecular flexibility index (Phi) is 6.64. The number of aromatic nitrogens is 2. The maximum atomic E-state index is 12.8. The van der Waals surface area contributed by atoms with Crippen LogP contribution in [-0.2, 0) is 11.2 Å². The van der Waals surface area contributed by atoms with E-state index in [0.717, 1.165) is 67.7 Å². The number of anilines is 1. The van der Waals surface area contributed by atoms with Gasteiger partial charge in [-0.15, -0.1) is 0 Å². The van der Waals surface area contributed by atoms with Crippen molar-refractivity contribution < 1.29 is 9.53 Å². The first kappa shape index (κ1) is 22.1. The molecule has 1 fully saturated rings. The zero-order chi connectivity index (χ0) is 21.9. The number of rotatable bonds is 4. The number of methoxy groups -OCH3 is 1. The van der Waals surface area contributed by atoms with Crippen LogP contribution in [0.5, 0.6) is 5.75 Å². The Morgan fingerprint density at radius 2 is 1.73 bits per heavy atom. The molecule has 0 N–H and O–H groups in total. The minimum atomic E-state index is -0.350. The highest BCUT2D eigenvalue weighted by Crippen LogP contribution is 2.27. The molecule has 0 aliphatic carbocycles. The van der Waals surface area contributed by atoms with Gasteiger partial charge in [0, 0.05) is 49.3 Å². The average Bonchev–Trinajstić information content (AvgIpc) is 2.95. The predicted molar refractivity (Wildman–Crippen MR) is 120 cm³/mol. The Balaban J connectivity index is 1.85. The van der Waals surface area contributed by atoms with E-state index in [-0.39, 0.29) is 11.3 Å². The second kappa shape index (κ2) is 9.02. The third-order valence-electron chi connectivity index (χ3n) is 5.57. The van der Waals surface area contributed by atoms with Gasteiger partial charge >= 0.3 is 0 Å². The third kappa shape index (κ3) is 5.10. The first-order valence-corrected chi connectivity index (χ1v) is 10.7. The average molecular weight is 411 g/mol. The number of ether oxygens (including phenoxy) is 1. The van der Waals surface area contributed by atoms with E-state index in [0.29, 0.717) is 0 Å². The molecule has 0 saturated carbocycles. The highest BCUT2D eigenvalue weighted by molar-refractivity contribution is 5.81. The Morgan fingerprint density at radius 1 is 1.03 bits per heavy atom. The van der Waals surface area contributed by atoms with Crippen molar-refractivity contribution >= 4 is 11.7 Å². The molecule has 1 aromatic heterocycles. The lowest BCUT2D eigenvalue weighted by Crippen LogP contribution is -2.41. The van der Waals surface area contributed by atoms with Crippen molar-refractivity contribution in [2.75, 3.05) is 38.2 Å². The first-order valence-electron chi connectivity index (χ1n) is 10.7. The van der Waals surface area contributed by atoms with Crippen LogP contribution in [0.1, 0.15) is 49.8 Å². The molecular formula is C24H34N4O2. The summed E-state index contributed by atoms with van der Waals surface area (Å²) in [6.07, 6.45) is 1.71. The number of amides is 1. The van der Waals surface area contributed by atoms with E-state index in [1.165, 1.54) is 5.56 Å². The Morgan fingerprint density at radius 3 is 2.37 bits per heavy atom. The number of carbonyl (C=O) groups excluding carboxylic acids is 1. The molecule has 0 radical (unpaired) electrons. The zero-order valence-electron chi connectivity index (χ0n) is 19.2. The molecule has 2 aromatic rings. The number of carbonyl (C=O) groups is 1. The molecular weight excluding hydrogens is 376 g/mol. The largest absolute Gasteiger partial charge is 0.497 e. The van der Waals surface area contributed by atoms with Gasteiger partial charge in [-0.1, -0.05) is 32.9 Å². The van der Waals surface area contributed by atoms with Crippen LogP contribution in [-0.4, -0.2) is 54.1 Å². The Bertz CT molecular complexity index is 887. The summed E-state index contributed by atoms with van der Waals surface area (Å²) >= 11 is 0. The van der Waals surface area contributed by atoms with E-state index in [4.69, 9.17) is 9.72 Å². The van der Waals surface area contributed by atoms with Crippen LogP contribution in [0.2, 0.25) is 0 Å². The Hall–Kier alpha value is -2.63. The van der Waals surface area contributed by atoms with Crippen molar-refractivity contribution in [2.45, 2.75) is 47.5 Å². The highest BCUT2D eigenvalue weighted by Gasteiger charge is 2.29. The van der Waals surface area contributed by atoms with Gasteiger partial charge in [0.2, 0.25) is 5.91 Å². The predicted octanol–water partition coefficient (Wildman–Crippen LogP) is 3.78. The molecule has 2 heterocycles. The summed E-state index contributed by atoms with van der Waals surface area (Å²) in [6.45, 7) is 13.2. The summed E-state index contributed by atoms with van der Waals surface area (Å²) < 4.78 is 5.28. The molecule has 0 bridgehead atoms. The molecule has 30 heavy (non-hydrogen) atoms. The second-order valence-corrected chi connectivity index (χ2v) is 9.07. The van der Waals surface area contributed by atoms with E-state index in [9.17, 15) is 4.79 Å². The van der Waals surface area contributed by atoms with Gasteiger partial charge in [-0.05, 0) is 38.0 Å². The van der Waals surface area contributed by atoms with Crippen molar-refractivity contribution in [2.24, 2.45) is 5.41 Å². The minimum Gasteiger partial charge on any atom is -0.497 e. The molecule has 1 aliphatic heterocycles. The van der Waals surface area contributed by atoms with Crippen LogP contribution in [0.25, 0.3) is 0 Å².